The van der Waals surface area contributed by atoms with E-state index in [1.807, 2.05) is 31.2 Å². The molecule has 0 unspecified atom stereocenters. The number of rotatable bonds is 5. The minimum atomic E-state index is -0.276. The van der Waals surface area contributed by atoms with Crippen LogP contribution in [0.2, 0.25) is 0 Å². The quantitative estimate of drug-likeness (QED) is 0.661. The molecule has 0 bridgehead atoms. The summed E-state index contributed by atoms with van der Waals surface area (Å²) in [4.78, 5) is 22.5. The largest absolute Gasteiger partial charge is 0.330 e. The summed E-state index contributed by atoms with van der Waals surface area (Å²) >= 11 is 0. The van der Waals surface area contributed by atoms with Crippen molar-refractivity contribution in [2.24, 2.45) is 5.73 Å². The molecule has 1 aromatic rings. The van der Waals surface area contributed by atoms with Crippen molar-refractivity contribution in [3.05, 3.63) is 35.4 Å². The van der Waals surface area contributed by atoms with Crippen LogP contribution in [-0.4, -0.2) is 18.4 Å². The highest BCUT2D eigenvalue weighted by Gasteiger charge is 2.05. The molecule has 5 heteroatoms. The maximum atomic E-state index is 11.5. The molecule has 0 saturated carbocycles. The molecule has 0 spiro atoms. The Hall–Kier alpha value is -1.88. The summed E-state index contributed by atoms with van der Waals surface area (Å²) in [5.74, 6) is -0.481. The predicted octanol–water partition coefficient (Wildman–Crippen LogP) is 0.424. The summed E-state index contributed by atoms with van der Waals surface area (Å²) in [5, 5.41) is 0. The van der Waals surface area contributed by atoms with E-state index in [-0.39, 0.29) is 24.8 Å². The van der Waals surface area contributed by atoms with Gasteiger partial charge < -0.3 is 5.73 Å². The number of hydrogen-bond acceptors (Lipinski definition) is 3. The molecule has 1 aromatic carbocycles. The lowest BCUT2D eigenvalue weighted by atomic mass is 10.0. The Balaban J connectivity index is 2.29. The normalized spacial score (nSPS) is 9.89. The van der Waals surface area contributed by atoms with Crippen LogP contribution in [0.25, 0.3) is 0 Å². The summed E-state index contributed by atoms with van der Waals surface area (Å²) < 4.78 is 0. The van der Waals surface area contributed by atoms with E-state index in [0.717, 1.165) is 11.1 Å². The fourth-order valence-corrected chi connectivity index (χ4v) is 1.53. The molecule has 0 fully saturated rings. The van der Waals surface area contributed by atoms with Crippen molar-refractivity contribution in [1.82, 2.24) is 10.9 Å². The number of hydrazine groups is 1. The number of nitrogens with two attached hydrogens (primary N) is 1. The van der Waals surface area contributed by atoms with Gasteiger partial charge in [-0.05, 0) is 24.5 Å². The SMILES string of the molecule is Cc1ccccc1CCC(=O)NNC(=O)CCN. The lowest BCUT2D eigenvalue weighted by Crippen LogP contribution is -2.42. The minimum Gasteiger partial charge on any atom is -0.330 e. The van der Waals surface area contributed by atoms with Crippen LogP contribution in [0.4, 0.5) is 0 Å². The lowest BCUT2D eigenvalue weighted by Gasteiger charge is -2.07. The zero-order valence-electron chi connectivity index (χ0n) is 10.5. The van der Waals surface area contributed by atoms with E-state index < -0.39 is 0 Å². The average molecular weight is 249 g/mol. The summed E-state index contributed by atoms with van der Waals surface area (Å²) in [6, 6.07) is 7.92. The van der Waals surface area contributed by atoms with Gasteiger partial charge in [0.15, 0.2) is 0 Å². The Bertz CT molecular complexity index is 418. The molecule has 0 aliphatic heterocycles. The first-order chi connectivity index (χ1) is 8.63. The Morgan fingerprint density at radius 1 is 1.11 bits per heavy atom. The minimum absolute atomic E-state index is 0.205. The molecule has 1 rings (SSSR count). The van der Waals surface area contributed by atoms with Gasteiger partial charge in [0.1, 0.15) is 0 Å². The number of aryl methyl sites for hydroxylation is 2. The van der Waals surface area contributed by atoms with E-state index in [0.29, 0.717) is 12.8 Å². The Labute approximate surface area is 107 Å². The zero-order valence-corrected chi connectivity index (χ0v) is 10.5. The molecule has 0 saturated heterocycles. The van der Waals surface area contributed by atoms with Crippen molar-refractivity contribution in [2.45, 2.75) is 26.2 Å². The van der Waals surface area contributed by atoms with Gasteiger partial charge in [-0.25, -0.2) is 0 Å². The van der Waals surface area contributed by atoms with E-state index in [1.54, 1.807) is 0 Å². The third kappa shape index (κ3) is 4.97. The molecule has 18 heavy (non-hydrogen) atoms. The molecular formula is C13H19N3O2. The second-order valence-corrected chi connectivity index (χ2v) is 4.06. The van der Waals surface area contributed by atoms with E-state index >= 15 is 0 Å². The molecule has 0 aliphatic rings. The number of hydrogen-bond donors (Lipinski definition) is 3. The van der Waals surface area contributed by atoms with Gasteiger partial charge in [-0.2, -0.15) is 0 Å². The molecule has 0 atom stereocenters. The van der Waals surface area contributed by atoms with Crippen molar-refractivity contribution >= 4 is 11.8 Å². The molecule has 4 N–H and O–H groups in total. The highest BCUT2D eigenvalue weighted by atomic mass is 16.2. The van der Waals surface area contributed by atoms with Gasteiger partial charge >= 0.3 is 0 Å². The van der Waals surface area contributed by atoms with Gasteiger partial charge in [0, 0.05) is 19.4 Å². The topological polar surface area (TPSA) is 84.2 Å². The monoisotopic (exact) mass is 249 g/mol. The zero-order chi connectivity index (χ0) is 13.4. The van der Waals surface area contributed by atoms with E-state index in [4.69, 9.17) is 5.73 Å². The van der Waals surface area contributed by atoms with Crippen LogP contribution >= 0.6 is 0 Å². The number of benzene rings is 1. The van der Waals surface area contributed by atoms with Crippen LogP contribution in [0.15, 0.2) is 24.3 Å². The third-order valence-electron chi connectivity index (χ3n) is 2.60. The number of amides is 2. The maximum Gasteiger partial charge on any atom is 0.239 e. The van der Waals surface area contributed by atoms with Crippen molar-refractivity contribution in [1.29, 1.82) is 0 Å². The average Bonchev–Trinajstić information content (AvgIpc) is 2.36. The first-order valence-electron chi connectivity index (χ1n) is 5.95. The molecule has 98 valence electrons. The Kier molecular flexibility index (Phi) is 5.87. The summed E-state index contributed by atoms with van der Waals surface area (Å²) in [6.07, 6.45) is 1.21. The number of carbonyl (C=O) groups is 2. The molecule has 2 amide bonds. The van der Waals surface area contributed by atoms with E-state index in [1.165, 1.54) is 0 Å². The molecule has 0 aliphatic carbocycles. The van der Waals surface area contributed by atoms with Gasteiger partial charge in [0.25, 0.3) is 0 Å². The van der Waals surface area contributed by atoms with Crippen molar-refractivity contribution in [2.75, 3.05) is 6.54 Å². The van der Waals surface area contributed by atoms with Crippen LogP contribution in [-0.2, 0) is 16.0 Å². The summed E-state index contributed by atoms with van der Waals surface area (Å²) in [6.45, 7) is 2.28. The van der Waals surface area contributed by atoms with Crippen LogP contribution in [0, 0.1) is 6.92 Å². The first-order valence-corrected chi connectivity index (χ1v) is 5.95. The van der Waals surface area contributed by atoms with Gasteiger partial charge in [0.2, 0.25) is 11.8 Å². The second kappa shape index (κ2) is 7.45. The van der Waals surface area contributed by atoms with E-state index in [2.05, 4.69) is 10.9 Å². The predicted molar refractivity (Wildman–Crippen MR) is 69.5 cm³/mol. The van der Waals surface area contributed by atoms with Gasteiger partial charge in [0.05, 0.1) is 0 Å². The van der Waals surface area contributed by atoms with Gasteiger partial charge in [-0.15, -0.1) is 0 Å². The second-order valence-electron chi connectivity index (χ2n) is 4.06. The summed E-state index contributed by atoms with van der Waals surface area (Å²) in [7, 11) is 0. The van der Waals surface area contributed by atoms with Gasteiger partial charge in [-0.3, -0.25) is 20.4 Å². The summed E-state index contributed by atoms with van der Waals surface area (Å²) in [5.41, 5.74) is 12.2. The van der Waals surface area contributed by atoms with Crippen molar-refractivity contribution in [3.63, 3.8) is 0 Å². The van der Waals surface area contributed by atoms with Crippen LogP contribution in [0.3, 0.4) is 0 Å². The highest BCUT2D eigenvalue weighted by molar-refractivity contribution is 5.82. The third-order valence-corrected chi connectivity index (χ3v) is 2.60. The maximum absolute atomic E-state index is 11.5. The fraction of sp³-hybridized carbons (Fsp3) is 0.385. The molecule has 0 aromatic heterocycles. The number of carbonyl (C=O) groups excluding carboxylic acids is 2. The highest BCUT2D eigenvalue weighted by Crippen LogP contribution is 2.08. The standard InChI is InChI=1S/C13H19N3O2/c1-10-4-2-3-5-11(10)6-7-12(17)15-16-13(18)8-9-14/h2-5H,6-9,14H2,1H3,(H,15,17)(H,16,18). The van der Waals surface area contributed by atoms with Crippen molar-refractivity contribution in [3.8, 4) is 0 Å². The first kappa shape index (κ1) is 14.2. The number of nitrogens with one attached hydrogen (secondary N) is 2. The van der Waals surface area contributed by atoms with Gasteiger partial charge in [-0.1, -0.05) is 24.3 Å². The molecular weight excluding hydrogens is 230 g/mol. The lowest BCUT2D eigenvalue weighted by molar-refractivity contribution is -0.128. The molecule has 5 nitrogen and oxygen atoms in total. The molecule has 0 heterocycles. The smallest absolute Gasteiger partial charge is 0.239 e. The van der Waals surface area contributed by atoms with Crippen LogP contribution in [0.1, 0.15) is 24.0 Å². The van der Waals surface area contributed by atoms with E-state index in [9.17, 15) is 9.59 Å². The Morgan fingerprint density at radius 2 is 1.72 bits per heavy atom. The van der Waals surface area contributed by atoms with Crippen LogP contribution < -0.4 is 16.6 Å². The fourth-order valence-electron chi connectivity index (χ4n) is 1.53. The van der Waals surface area contributed by atoms with Crippen molar-refractivity contribution < 1.29 is 9.59 Å². The molecule has 0 radical (unpaired) electrons. The van der Waals surface area contributed by atoms with Crippen LogP contribution in [0.5, 0.6) is 0 Å². The Morgan fingerprint density at radius 3 is 2.33 bits per heavy atom.